The fourth-order valence-corrected chi connectivity index (χ4v) is 2.88. The molecule has 0 saturated heterocycles. The number of aromatic nitrogens is 2. The van der Waals surface area contributed by atoms with E-state index in [-0.39, 0.29) is 12.6 Å². The summed E-state index contributed by atoms with van der Waals surface area (Å²) >= 11 is 6.83. The van der Waals surface area contributed by atoms with Crippen LogP contribution in [0.5, 0.6) is 5.75 Å². The van der Waals surface area contributed by atoms with Crippen molar-refractivity contribution in [3.8, 4) is 5.75 Å². The van der Waals surface area contributed by atoms with E-state index in [1.807, 2.05) is 19.1 Å². The second-order valence-electron chi connectivity index (χ2n) is 3.36. The monoisotopic (exact) mass is 361 g/mol. The Morgan fingerprint density at radius 1 is 1.35 bits per heavy atom. The van der Waals surface area contributed by atoms with Crippen molar-refractivity contribution in [3.05, 3.63) is 32.5 Å². The van der Waals surface area contributed by atoms with Gasteiger partial charge in [0, 0.05) is 4.47 Å². The van der Waals surface area contributed by atoms with E-state index in [0.29, 0.717) is 5.89 Å². The summed E-state index contributed by atoms with van der Waals surface area (Å²) < 4.78 is 12.5. The van der Waals surface area contributed by atoms with Crippen LogP contribution in [0.3, 0.4) is 0 Å². The first-order valence-corrected chi connectivity index (χ1v) is 6.31. The molecule has 0 aliphatic rings. The quantitative estimate of drug-likeness (QED) is 0.908. The molecule has 0 bridgehead atoms. The molecule has 17 heavy (non-hydrogen) atoms. The highest BCUT2D eigenvalue weighted by molar-refractivity contribution is 9.11. The molecule has 5 nitrogen and oxygen atoms in total. The van der Waals surface area contributed by atoms with E-state index in [0.717, 1.165) is 20.3 Å². The summed E-state index contributed by atoms with van der Waals surface area (Å²) in [5.41, 5.74) is 6.31. The topological polar surface area (TPSA) is 74.2 Å². The number of hydrogen-bond donors (Lipinski definition) is 1. The molecule has 2 N–H and O–H groups in total. The molecule has 1 heterocycles. The average Bonchev–Trinajstić information content (AvgIpc) is 2.62. The summed E-state index contributed by atoms with van der Waals surface area (Å²) in [5, 5.41) is 7.27. The van der Waals surface area contributed by atoms with Crippen molar-refractivity contribution in [2.24, 2.45) is 0 Å². The molecule has 0 spiro atoms. The van der Waals surface area contributed by atoms with E-state index in [2.05, 4.69) is 42.1 Å². The first-order chi connectivity index (χ1) is 8.06. The second kappa shape index (κ2) is 5.05. The normalized spacial score (nSPS) is 10.5. The van der Waals surface area contributed by atoms with Crippen LogP contribution in [-0.4, -0.2) is 10.2 Å². The highest BCUT2D eigenvalue weighted by atomic mass is 79.9. The molecule has 2 rings (SSSR count). The van der Waals surface area contributed by atoms with Crippen LogP contribution in [0.2, 0.25) is 0 Å². The zero-order chi connectivity index (χ0) is 12.4. The predicted molar refractivity (Wildman–Crippen MR) is 69.6 cm³/mol. The molecule has 0 radical (unpaired) electrons. The number of aryl methyl sites for hydroxylation is 1. The second-order valence-corrected chi connectivity index (χ2v) is 5.13. The number of hydrogen-bond acceptors (Lipinski definition) is 5. The SMILES string of the molecule is Cc1cc(Br)cc(Br)c1OCc1nnc(N)o1. The molecular weight excluding hydrogens is 354 g/mol. The molecule has 90 valence electrons. The number of benzene rings is 1. The zero-order valence-corrected chi connectivity index (χ0v) is 12.1. The average molecular weight is 363 g/mol. The Hall–Kier alpha value is -1.08. The number of nitrogens with two attached hydrogens (primary N) is 1. The molecular formula is C10H9Br2N3O2. The van der Waals surface area contributed by atoms with E-state index in [1.165, 1.54) is 0 Å². The Morgan fingerprint density at radius 2 is 2.12 bits per heavy atom. The summed E-state index contributed by atoms with van der Waals surface area (Å²) in [6.45, 7) is 2.14. The predicted octanol–water partition coefficient (Wildman–Crippen LogP) is 3.06. The van der Waals surface area contributed by atoms with Gasteiger partial charge in [0.2, 0.25) is 0 Å². The van der Waals surface area contributed by atoms with Gasteiger partial charge in [-0.25, -0.2) is 0 Å². The van der Waals surface area contributed by atoms with Gasteiger partial charge >= 0.3 is 6.01 Å². The van der Waals surface area contributed by atoms with Crippen molar-refractivity contribution in [2.75, 3.05) is 5.73 Å². The lowest BCUT2D eigenvalue weighted by Gasteiger charge is -2.09. The smallest absolute Gasteiger partial charge is 0.312 e. The number of nitrogen functional groups attached to an aromatic ring is 1. The summed E-state index contributed by atoms with van der Waals surface area (Å²) in [6, 6.07) is 3.91. The molecule has 1 aromatic heterocycles. The highest BCUT2D eigenvalue weighted by Crippen LogP contribution is 2.32. The van der Waals surface area contributed by atoms with Gasteiger partial charge in [-0.2, -0.15) is 0 Å². The lowest BCUT2D eigenvalue weighted by Crippen LogP contribution is -1.98. The summed E-state index contributed by atoms with van der Waals surface area (Å²) in [6.07, 6.45) is 0. The maximum atomic E-state index is 5.60. The van der Waals surface area contributed by atoms with Gasteiger partial charge in [0.25, 0.3) is 5.89 Å². The van der Waals surface area contributed by atoms with Crippen molar-refractivity contribution in [2.45, 2.75) is 13.5 Å². The lowest BCUT2D eigenvalue weighted by atomic mass is 10.2. The first kappa shape index (κ1) is 12.4. The molecule has 1 aromatic carbocycles. The van der Waals surface area contributed by atoms with Crippen LogP contribution in [0.1, 0.15) is 11.5 Å². The maximum Gasteiger partial charge on any atom is 0.312 e. The van der Waals surface area contributed by atoms with Crippen LogP contribution in [0.4, 0.5) is 6.01 Å². The number of anilines is 1. The maximum absolute atomic E-state index is 5.60. The fraction of sp³-hybridized carbons (Fsp3) is 0.200. The van der Waals surface area contributed by atoms with Crippen LogP contribution in [-0.2, 0) is 6.61 Å². The van der Waals surface area contributed by atoms with Gasteiger partial charge in [-0.3, -0.25) is 0 Å². The molecule has 0 atom stereocenters. The van der Waals surface area contributed by atoms with Crippen LogP contribution in [0.15, 0.2) is 25.5 Å². The largest absolute Gasteiger partial charge is 0.482 e. The minimum Gasteiger partial charge on any atom is -0.482 e. The Kier molecular flexibility index (Phi) is 3.68. The lowest BCUT2D eigenvalue weighted by molar-refractivity contribution is 0.262. The molecule has 0 amide bonds. The van der Waals surface area contributed by atoms with Gasteiger partial charge in [0.1, 0.15) is 5.75 Å². The summed E-state index contributed by atoms with van der Waals surface area (Å²) in [4.78, 5) is 0. The molecule has 0 aliphatic carbocycles. The summed E-state index contributed by atoms with van der Waals surface area (Å²) in [7, 11) is 0. The molecule has 0 saturated carbocycles. The molecule has 2 aromatic rings. The molecule has 0 fully saturated rings. The third kappa shape index (κ3) is 2.98. The van der Waals surface area contributed by atoms with Crippen LogP contribution in [0, 0.1) is 6.92 Å². The van der Waals surface area contributed by atoms with Crippen LogP contribution in [0.25, 0.3) is 0 Å². The third-order valence-corrected chi connectivity index (χ3v) is 3.06. The molecule has 7 heteroatoms. The third-order valence-electron chi connectivity index (χ3n) is 2.02. The fourth-order valence-electron chi connectivity index (χ4n) is 1.33. The highest BCUT2D eigenvalue weighted by Gasteiger charge is 2.09. The van der Waals surface area contributed by atoms with Crippen LogP contribution < -0.4 is 10.5 Å². The van der Waals surface area contributed by atoms with E-state index < -0.39 is 0 Å². The number of ether oxygens (including phenoxy) is 1. The minimum atomic E-state index is 0.0372. The van der Waals surface area contributed by atoms with Gasteiger partial charge in [0.15, 0.2) is 6.61 Å². The van der Waals surface area contributed by atoms with E-state index >= 15 is 0 Å². The van der Waals surface area contributed by atoms with Gasteiger partial charge in [-0.1, -0.05) is 21.0 Å². The van der Waals surface area contributed by atoms with Crippen molar-refractivity contribution < 1.29 is 9.15 Å². The first-order valence-electron chi connectivity index (χ1n) is 4.72. The van der Waals surface area contributed by atoms with E-state index in [9.17, 15) is 0 Å². The van der Waals surface area contributed by atoms with Crippen molar-refractivity contribution in [1.82, 2.24) is 10.2 Å². The van der Waals surface area contributed by atoms with Crippen molar-refractivity contribution in [3.63, 3.8) is 0 Å². The van der Waals surface area contributed by atoms with E-state index in [4.69, 9.17) is 14.9 Å². The number of rotatable bonds is 3. The van der Waals surface area contributed by atoms with Crippen molar-refractivity contribution in [1.29, 1.82) is 0 Å². The van der Waals surface area contributed by atoms with Crippen molar-refractivity contribution >= 4 is 37.9 Å². The van der Waals surface area contributed by atoms with Gasteiger partial charge in [0.05, 0.1) is 4.47 Å². The standard InChI is InChI=1S/C10H9Br2N3O2/c1-5-2-6(11)3-7(12)9(5)16-4-8-14-15-10(13)17-8/h2-3H,4H2,1H3,(H2,13,15). The van der Waals surface area contributed by atoms with Gasteiger partial charge in [-0.05, 0) is 40.5 Å². The molecule has 0 unspecified atom stereocenters. The Labute approximate surface area is 115 Å². The van der Waals surface area contributed by atoms with Gasteiger partial charge < -0.3 is 14.9 Å². The van der Waals surface area contributed by atoms with Gasteiger partial charge in [-0.15, -0.1) is 5.10 Å². The Bertz CT molecular complexity index is 519. The minimum absolute atomic E-state index is 0.0372. The van der Waals surface area contributed by atoms with E-state index in [1.54, 1.807) is 0 Å². The number of halogens is 2. The Morgan fingerprint density at radius 3 is 2.71 bits per heavy atom. The number of nitrogens with zero attached hydrogens (tertiary/aromatic N) is 2. The Balaban J connectivity index is 2.14. The zero-order valence-electron chi connectivity index (χ0n) is 8.91. The van der Waals surface area contributed by atoms with Crippen LogP contribution >= 0.6 is 31.9 Å². The summed E-state index contributed by atoms with van der Waals surface area (Å²) in [5.74, 6) is 1.08. The molecule has 0 aliphatic heterocycles.